The van der Waals surface area contributed by atoms with Gasteiger partial charge in [0.15, 0.2) is 0 Å². The molecule has 0 N–H and O–H groups in total. The first-order valence-electron chi connectivity index (χ1n) is 6.51. The average molecular weight is 228 g/mol. The van der Waals surface area contributed by atoms with E-state index in [4.69, 9.17) is 5.26 Å². The zero-order valence-electron chi connectivity index (χ0n) is 10.6. The Balaban J connectivity index is 2.05. The van der Waals surface area contributed by atoms with Crippen LogP contribution in [-0.2, 0) is 6.54 Å². The Labute approximate surface area is 104 Å². The fourth-order valence-corrected chi connectivity index (χ4v) is 2.48. The van der Waals surface area contributed by atoms with Crippen molar-refractivity contribution in [2.45, 2.75) is 39.2 Å². The largest absolute Gasteiger partial charge is 0.299 e. The van der Waals surface area contributed by atoms with Crippen molar-refractivity contribution in [1.29, 1.82) is 5.26 Å². The van der Waals surface area contributed by atoms with Crippen LogP contribution in [0, 0.1) is 18.3 Å². The van der Waals surface area contributed by atoms with Gasteiger partial charge in [-0.05, 0) is 56.1 Å². The minimum absolute atomic E-state index is 0.766. The van der Waals surface area contributed by atoms with E-state index in [2.05, 4.69) is 24.0 Å². The SMILES string of the molecule is Cc1cc(C#N)ccc1CN1CCCCCC1. The van der Waals surface area contributed by atoms with Crippen molar-refractivity contribution >= 4 is 0 Å². The maximum atomic E-state index is 8.85. The number of hydrogen-bond donors (Lipinski definition) is 0. The van der Waals surface area contributed by atoms with E-state index in [0.29, 0.717) is 0 Å². The highest BCUT2D eigenvalue weighted by Crippen LogP contribution is 2.16. The number of nitriles is 1. The molecule has 0 saturated carbocycles. The highest BCUT2D eigenvalue weighted by Gasteiger charge is 2.10. The van der Waals surface area contributed by atoms with E-state index in [1.54, 1.807) is 0 Å². The predicted molar refractivity (Wildman–Crippen MR) is 69.6 cm³/mol. The van der Waals surface area contributed by atoms with Gasteiger partial charge in [-0.25, -0.2) is 0 Å². The molecule has 2 nitrogen and oxygen atoms in total. The monoisotopic (exact) mass is 228 g/mol. The van der Waals surface area contributed by atoms with Crippen LogP contribution in [0.2, 0.25) is 0 Å². The first kappa shape index (κ1) is 12.1. The second-order valence-electron chi connectivity index (χ2n) is 4.94. The molecule has 2 heteroatoms. The van der Waals surface area contributed by atoms with Gasteiger partial charge < -0.3 is 0 Å². The Kier molecular flexibility index (Phi) is 4.17. The summed E-state index contributed by atoms with van der Waals surface area (Å²) >= 11 is 0. The summed E-state index contributed by atoms with van der Waals surface area (Å²) in [4.78, 5) is 2.54. The molecule has 1 aliphatic rings. The van der Waals surface area contributed by atoms with Crippen LogP contribution in [0.25, 0.3) is 0 Å². The highest BCUT2D eigenvalue weighted by molar-refractivity contribution is 5.37. The van der Waals surface area contributed by atoms with Gasteiger partial charge in [0.25, 0.3) is 0 Å². The molecule has 0 amide bonds. The molecular formula is C15H20N2. The fraction of sp³-hybridized carbons (Fsp3) is 0.533. The zero-order chi connectivity index (χ0) is 12.1. The molecule has 1 saturated heterocycles. The lowest BCUT2D eigenvalue weighted by atomic mass is 10.1. The van der Waals surface area contributed by atoms with Gasteiger partial charge in [-0.1, -0.05) is 18.9 Å². The van der Waals surface area contributed by atoms with Gasteiger partial charge in [0.1, 0.15) is 0 Å². The number of benzene rings is 1. The number of nitrogens with zero attached hydrogens (tertiary/aromatic N) is 2. The number of likely N-dealkylation sites (tertiary alicyclic amines) is 1. The van der Waals surface area contributed by atoms with Crippen molar-refractivity contribution in [2.75, 3.05) is 13.1 Å². The molecule has 2 rings (SSSR count). The Morgan fingerprint density at radius 1 is 1.18 bits per heavy atom. The van der Waals surface area contributed by atoms with Gasteiger partial charge in [0, 0.05) is 6.54 Å². The minimum atomic E-state index is 0.766. The summed E-state index contributed by atoms with van der Waals surface area (Å²) in [5.74, 6) is 0. The van der Waals surface area contributed by atoms with E-state index in [1.165, 1.54) is 49.9 Å². The molecule has 1 heterocycles. The van der Waals surface area contributed by atoms with Gasteiger partial charge in [-0.2, -0.15) is 5.26 Å². The lowest BCUT2D eigenvalue weighted by Gasteiger charge is -2.20. The molecule has 0 aliphatic carbocycles. The molecule has 17 heavy (non-hydrogen) atoms. The molecule has 0 atom stereocenters. The second-order valence-corrected chi connectivity index (χ2v) is 4.94. The molecule has 0 bridgehead atoms. The van der Waals surface area contributed by atoms with Crippen molar-refractivity contribution in [3.63, 3.8) is 0 Å². The van der Waals surface area contributed by atoms with Crippen molar-refractivity contribution < 1.29 is 0 Å². The molecule has 1 aromatic rings. The molecule has 1 fully saturated rings. The second kappa shape index (κ2) is 5.84. The summed E-state index contributed by atoms with van der Waals surface area (Å²) in [7, 11) is 0. The van der Waals surface area contributed by atoms with Crippen molar-refractivity contribution in [1.82, 2.24) is 4.90 Å². The summed E-state index contributed by atoms with van der Waals surface area (Å²) in [5, 5.41) is 8.85. The third kappa shape index (κ3) is 3.31. The summed E-state index contributed by atoms with van der Waals surface area (Å²) in [6.07, 6.45) is 5.41. The molecule has 0 radical (unpaired) electrons. The molecule has 0 spiro atoms. The Morgan fingerprint density at radius 2 is 1.88 bits per heavy atom. The van der Waals surface area contributed by atoms with Crippen LogP contribution in [0.1, 0.15) is 42.4 Å². The third-order valence-corrected chi connectivity index (χ3v) is 3.56. The number of rotatable bonds is 2. The summed E-state index contributed by atoms with van der Waals surface area (Å²) in [6, 6.07) is 8.23. The normalized spacial score (nSPS) is 17.4. The average Bonchev–Trinajstić information content (AvgIpc) is 2.60. The fourth-order valence-electron chi connectivity index (χ4n) is 2.48. The standard InChI is InChI=1S/C15H20N2/c1-13-10-14(11-16)6-7-15(13)12-17-8-4-2-3-5-9-17/h6-7,10H,2-5,8-9,12H2,1H3. The summed E-state index contributed by atoms with van der Waals surface area (Å²) < 4.78 is 0. The summed E-state index contributed by atoms with van der Waals surface area (Å²) in [5.41, 5.74) is 3.38. The third-order valence-electron chi connectivity index (χ3n) is 3.56. The van der Waals surface area contributed by atoms with Crippen LogP contribution < -0.4 is 0 Å². The van der Waals surface area contributed by atoms with Crippen LogP contribution in [-0.4, -0.2) is 18.0 Å². The van der Waals surface area contributed by atoms with Crippen LogP contribution in [0.5, 0.6) is 0 Å². The van der Waals surface area contributed by atoms with Crippen LogP contribution in [0.4, 0.5) is 0 Å². The molecule has 0 aromatic heterocycles. The number of hydrogen-bond acceptors (Lipinski definition) is 2. The van der Waals surface area contributed by atoms with Crippen LogP contribution in [0.3, 0.4) is 0 Å². The van der Waals surface area contributed by atoms with E-state index in [-0.39, 0.29) is 0 Å². The van der Waals surface area contributed by atoms with Gasteiger partial charge in [-0.3, -0.25) is 4.90 Å². The Bertz CT molecular complexity index is 409. The Hall–Kier alpha value is -1.33. The predicted octanol–water partition coefficient (Wildman–Crippen LogP) is 3.24. The van der Waals surface area contributed by atoms with E-state index in [1.807, 2.05) is 12.1 Å². The Morgan fingerprint density at radius 3 is 2.47 bits per heavy atom. The van der Waals surface area contributed by atoms with Gasteiger partial charge in [0.2, 0.25) is 0 Å². The van der Waals surface area contributed by atoms with Gasteiger partial charge in [-0.15, -0.1) is 0 Å². The topological polar surface area (TPSA) is 27.0 Å². The van der Waals surface area contributed by atoms with Gasteiger partial charge in [0.05, 0.1) is 11.6 Å². The smallest absolute Gasteiger partial charge is 0.0991 e. The maximum Gasteiger partial charge on any atom is 0.0991 e. The quantitative estimate of drug-likeness (QED) is 0.777. The lowest BCUT2D eigenvalue weighted by Crippen LogP contribution is -2.24. The van der Waals surface area contributed by atoms with Crippen LogP contribution in [0.15, 0.2) is 18.2 Å². The lowest BCUT2D eigenvalue weighted by molar-refractivity contribution is 0.276. The molecule has 1 aromatic carbocycles. The van der Waals surface area contributed by atoms with Crippen molar-refractivity contribution in [3.8, 4) is 6.07 Å². The van der Waals surface area contributed by atoms with E-state index >= 15 is 0 Å². The zero-order valence-corrected chi connectivity index (χ0v) is 10.6. The number of aryl methyl sites for hydroxylation is 1. The van der Waals surface area contributed by atoms with Crippen molar-refractivity contribution in [3.05, 3.63) is 34.9 Å². The van der Waals surface area contributed by atoms with Crippen LogP contribution >= 0.6 is 0 Å². The summed E-state index contributed by atoms with van der Waals surface area (Å²) in [6.45, 7) is 5.59. The highest BCUT2D eigenvalue weighted by atomic mass is 15.1. The first-order valence-corrected chi connectivity index (χ1v) is 6.51. The maximum absolute atomic E-state index is 8.85. The van der Waals surface area contributed by atoms with E-state index in [9.17, 15) is 0 Å². The van der Waals surface area contributed by atoms with E-state index < -0.39 is 0 Å². The van der Waals surface area contributed by atoms with E-state index in [0.717, 1.165) is 12.1 Å². The molecule has 90 valence electrons. The minimum Gasteiger partial charge on any atom is -0.299 e. The first-order chi connectivity index (χ1) is 8.29. The van der Waals surface area contributed by atoms with Gasteiger partial charge >= 0.3 is 0 Å². The van der Waals surface area contributed by atoms with Crippen molar-refractivity contribution in [2.24, 2.45) is 0 Å². The molecule has 1 aliphatic heterocycles. The molecule has 0 unspecified atom stereocenters. The molecular weight excluding hydrogens is 208 g/mol.